The first kappa shape index (κ1) is 12.8. The van der Waals surface area contributed by atoms with E-state index in [-0.39, 0.29) is 0 Å². The number of nitrogens with one attached hydrogen (secondary N) is 1. The molecule has 3 rings (SSSR count). The van der Waals surface area contributed by atoms with Gasteiger partial charge in [0.1, 0.15) is 0 Å². The average Bonchev–Trinajstić information content (AvgIpc) is 3.05. The number of tetrazole rings is 1. The number of aromatic nitrogens is 4. The summed E-state index contributed by atoms with van der Waals surface area (Å²) in [6.45, 7) is 8.83. The fraction of sp³-hybridized carbons (Fsp3) is 0.312. The predicted molar refractivity (Wildman–Crippen MR) is 79.1 cm³/mol. The molecule has 1 aliphatic rings. The summed E-state index contributed by atoms with van der Waals surface area (Å²) < 4.78 is 0. The molecule has 0 atom stereocenters. The molecule has 0 unspecified atom stereocenters. The summed E-state index contributed by atoms with van der Waals surface area (Å²) in [6.07, 6.45) is 0. The molecule has 0 spiro atoms. The number of aromatic amines is 1. The van der Waals surface area contributed by atoms with Gasteiger partial charge in [0.25, 0.3) is 0 Å². The third kappa shape index (κ3) is 1.80. The van der Waals surface area contributed by atoms with E-state index in [1.807, 2.05) is 6.07 Å². The highest BCUT2D eigenvalue weighted by molar-refractivity contribution is 5.66. The van der Waals surface area contributed by atoms with E-state index in [4.69, 9.17) is 0 Å². The molecule has 0 aliphatic heterocycles. The van der Waals surface area contributed by atoms with Gasteiger partial charge < -0.3 is 0 Å². The van der Waals surface area contributed by atoms with Gasteiger partial charge in [-0.3, -0.25) is 0 Å². The van der Waals surface area contributed by atoms with Gasteiger partial charge in [0.05, 0.1) is 0 Å². The van der Waals surface area contributed by atoms with E-state index >= 15 is 0 Å². The minimum absolute atomic E-state index is 0.324. The molecule has 0 saturated carbocycles. The van der Waals surface area contributed by atoms with E-state index in [0.29, 0.717) is 11.7 Å². The van der Waals surface area contributed by atoms with Crippen LogP contribution in [0.4, 0.5) is 0 Å². The van der Waals surface area contributed by atoms with Crippen molar-refractivity contribution in [3.05, 3.63) is 52.1 Å². The van der Waals surface area contributed by atoms with E-state index in [0.717, 1.165) is 5.56 Å². The Morgan fingerprint density at radius 3 is 2.20 bits per heavy atom. The van der Waals surface area contributed by atoms with Crippen molar-refractivity contribution in [1.82, 2.24) is 20.6 Å². The number of nitrogens with zero attached hydrogens (tertiary/aromatic N) is 3. The molecule has 20 heavy (non-hydrogen) atoms. The lowest BCUT2D eigenvalue weighted by Crippen LogP contribution is -2.02. The standard InChI is InChI=1S/C16H18N4/c1-9-10(2)12(4)15(11(9)3)13-7-5-6-8-14(13)16-17-19-20-18-16/h5-8,15H,1-4H3,(H,17,18,19,20). The summed E-state index contributed by atoms with van der Waals surface area (Å²) in [5.74, 6) is 0.980. The predicted octanol–water partition coefficient (Wildman–Crippen LogP) is 3.64. The summed E-state index contributed by atoms with van der Waals surface area (Å²) >= 11 is 0. The minimum atomic E-state index is 0.324. The van der Waals surface area contributed by atoms with Gasteiger partial charge in [0.15, 0.2) is 0 Å². The van der Waals surface area contributed by atoms with Gasteiger partial charge in [-0.15, -0.1) is 10.2 Å². The van der Waals surface area contributed by atoms with Crippen molar-refractivity contribution in [3.63, 3.8) is 0 Å². The van der Waals surface area contributed by atoms with Gasteiger partial charge in [-0.2, -0.15) is 5.21 Å². The Morgan fingerprint density at radius 1 is 0.950 bits per heavy atom. The van der Waals surface area contributed by atoms with Gasteiger partial charge in [0, 0.05) is 11.5 Å². The summed E-state index contributed by atoms with van der Waals surface area (Å²) in [4.78, 5) is 0. The second-order valence-corrected chi connectivity index (χ2v) is 5.37. The highest BCUT2D eigenvalue weighted by Gasteiger charge is 2.28. The summed E-state index contributed by atoms with van der Waals surface area (Å²) in [5.41, 5.74) is 7.92. The molecular formula is C16H18N4. The summed E-state index contributed by atoms with van der Waals surface area (Å²) in [5, 5.41) is 14.5. The van der Waals surface area contributed by atoms with Crippen molar-refractivity contribution >= 4 is 0 Å². The van der Waals surface area contributed by atoms with Crippen LogP contribution in [0.1, 0.15) is 39.2 Å². The van der Waals surface area contributed by atoms with E-state index in [1.165, 1.54) is 27.9 Å². The molecule has 4 heteroatoms. The number of hydrogen-bond donors (Lipinski definition) is 1. The van der Waals surface area contributed by atoms with Gasteiger partial charge in [-0.25, -0.2) is 0 Å². The summed E-state index contributed by atoms with van der Waals surface area (Å²) in [6, 6.07) is 8.31. The maximum Gasteiger partial charge on any atom is 0.204 e. The van der Waals surface area contributed by atoms with E-state index < -0.39 is 0 Å². The van der Waals surface area contributed by atoms with Crippen LogP contribution in [0.25, 0.3) is 11.4 Å². The highest BCUT2D eigenvalue weighted by atomic mass is 15.5. The largest absolute Gasteiger partial charge is 0.204 e. The second kappa shape index (κ2) is 4.71. The first-order valence-corrected chi connectivity index (χ1v) is 6.79. The zero-order valence-corrected chi connectivity index (χ0v) is 12.2. The smallest absolute Gasteiger partial charge is 0.177 e. The normalized spacial score (nSPS) is 16.4. The molecule has 1 heterocycles. The van der Waals surface area contributed by atoms with Crippen molar-refractivity contribution in [1.29, 1.82) is 0 Å². The third-order valence-electron chi connectivity index (χ3n) is 4.47. The van der Waals surface area contributed by atoms with Gasteiger partial charge in [0.2, 0.25) is 5.82 Å². The fourth-order valence-electron chi connectivity index (χ4n) is 3.04. The van der Waals surface area contributed by atoms with Crippen LogP contribution in [0.2, 0.25) is 0 Å². The number of benzene rings is 1. The van der Waals surface area contributed by atoms with Crippen LogP contribution in [-0.2, 0) is 0 Å². The molecule has 4 nitrogen and oxygen atoms in total. The maximum atomic E-state index is 4.13. The van der Waals surface area contributed by atoms with Crippen molar-refractivity contribution < 1.29 is 0 Å². The minimum Gasteiger partial charge on any atom is -0.177 e. The Bertz CT molecular complexity index is 684. The Morgan fingerprint density at radius 2 is 1.60 bits per heavy atom. The maximum absolute atomic E-state index is 4.13. The van der Waals surface area contributed by atoms with Gasteiger partial charge in [-0.05, 0) is 49.6 Å². The molecule has 0 fully saturated rings. The van der Waals surface area contributed by atoms with Crippen LogP contribution >= 0.6 is 0 Å². The highest BCUT2D eigenvalue weighted by Crippen LogP contribution is 2.45. The molecule has 0 bridgehead atoms. The van der Waals surface area contributed by atoms with Crippen molar-refractivity contribution in [2.24, 2.45) is 0 Å². The van der Waals surface area contributed by atoms with Gasteiger partial charge in [-0.1, -0.05) is 35.4 Å². The number of hydrogen-bond acceptors (Lipinski definition) is 3. The third-order valence-corrected chi connectivity index (χ3v) is 4.47. The molecular weight excluding hydrogens is 248 g/mol. The molecule has 0 saturated heterocycles. The zero-order chi connectivity index (χ0) is 14.3. The Hall–Kier alpha value is -2.23. The SMILES string of the molecule is CC1=C(C)C(c2ccccc2-c2nn[nH]n2)C(C)=C1C. The molecule has 102 valence electrons. The Balaban J connectivity index is 2.18. The van der Waals surface area contributed by atoms with Crippen LogP contribution in [0.15, 0.2) is 46.6 Å². The molecule has 1 aromatic carbocycles. The van der Waals surface area contributed by atoms with E-state index in [9.17, 15) is 0 Å². The van der Waals surface area contributed by atoms with Crippen LogP contribution in [0, 0.1) is 0 Å². The number of rotatable bonds is 2. The fourth-order valence-corrected chi connectivity index (χ4v) is 3.04. The van der Waals surface area contributed by atoms with Crippen LogP contribution in [0.3, 0.4) is 0 Å². The second-order valence-electron chi connectivity index (χ2n) is 5.37. The van der Waals surface area contributed by atoms with Crippen LogP contribution in [0.5, 0.6) is 0 Å². The first-order valence-electron chi connectivity index (χ1n) is 6.79. The molecule has 1 aromatic heterocycles. The number of allylic oxidation sites excluding steroid dienone is 4. The van der Waals surface area contributed by atoms with E-state index in [2.05, 4.69) is 66.5 Å². The topological polar surface area (TPSA) is 54.5 Å². The first-order chi connectivity index (χ1) is 9.61. The average molecular weight is 266 g/mol. The van der Waals surface area contributed by atoms with Crippen molar-refractivity contribution in [3.8, 4) is 11.4 Å². The van der Waals surface area contributed by atoms with Crippen molar-refractivity contribution in [2.45, 2.75) is 33.6 Å². The zero-order valence-electron chi connectivity index (χ0n) is 12.2. The Labute approximate surface area is 118 Å². The lowest BCUT2D eigenvalue weighted by atomic mass is 9.86. The molecule has 2 aromatic rings. The molecule has 0 radical (unpaired) electrons. The number of H-pyrrole nitrogens is 1. The van der Waals surface area contributed by atoms with E-state index in [1.54, 1.807) is 0 Å². The lowest BCUT2D eigenvalue weighted by Gasteiger charge is -2.18. The molecule has 1 aliphatic carbocycles. The van der Waals surface area contributed by atoms with Crippen LogP contribution < -0.4 is 0 Å². The summed E-state index contributed by atoms with van der Waals surface area (Å²) in [7, 11) is 0. The quantitative estimate of drug-likeness (QED) is 0.903. The molecule has 1 N–H and O–H groups in total. The van der Waals surface area contributed by atoms with Gasteiger partial charge >= 0.3 is 0 Å². The van der Waals surface area contributed by atoms with Crippen LogP contribution in [-0.4, -0.2) is 20.6 Å². The lowest BCUT2D eigenvalue weighted by molar-refractivity contribution is 0.881. The monoisotopic (exact) mass is 266 g/mol. The van der Waals surface area contributed by atoms with Crippen molar-refractivity contribution in [2.75, 3.05) is 0 Å². The Kier molecular flexibility index (Phi) is 3.01. The molecule has 0 amide bonds.